The number of rotatable bonds is 25. The second kappa shape index (κ2) is 25.0. The summed E-state index contributed by atoms with van der Waals surface area (Å²) in [5, 5.41) is 27.5. The molecule has 60 heavy (non-hydrogen) atoms. The van der Waals surface area contributed by atoms with Crippen molar-refractivity contribution in [3.63, 3.8) is 0 Å². The summed E-state index contributed by atoms with van der Waals surface area (Å²) in [7, 11) is 0. The van der Waals surface area contributed by atoms with Crippen molar-refractivity contribution in [3.8, 4) is 5.75 Å². The lowest BCUT2D eigenvalue weighted by molar-refractivity contribution is -0.147. The molecule has 0 spiro atoms. The smallest absolute Gasteiger partial charge is 0.326 e. The molecule has 2 rings (SSSR count). The number of nitrogens with two attached hydrogens (primary N) is 6. The van der Waals surface area contributed by atoms with Gasteiger partial charge in [-0.1, -0.05) is 46.2 Å². The highest BCUT2D eigenvalue weighted by Gasteiger charge is 2.43. The number of carboxylic acids is 1. The number of carbonyl (C=O) groups is 6. The summed E-state index contributed by atoms with van der Waals surface area (Å²) in [5.41, 5.74) is 35.0. The number of aliphatic carboxylic acids is 1. The van der Waals surface area contributed by atoms with E-state index in [1.54, 1.807) is 19.1 Å². The summed E-state index contributed by atoms with van der Waals surface area (Å²) >= 11 is 0. The van der Waals surface area contributed by atoms with Crippen molar-refractivity contribution in [3.05, 3.63) is 29.8 Å². The van der Waals surface area contributed by atoms with Gasteiger partial charge in [0, 0.05) is 32.2 Å². The number of phenols is 1. The van der Waals surface area contributed by atoms with Crippen LogP contribution in [0.5, 0.6) is 5.75 Å². The summed E-state index contributed by atoms with van der Waals surface area (Å²) in [5.74, 6) is -5.03. The molecule has 0 unspecified atom stereocenters. The highest BCUT2D eigenvalue weighted by atomic mass is 16.4. The Morgan fingerprint density at radius 2 is 1.47 bits per heavy atom. The molecule has 21 nitrogen and oxygen atoms in total. The van der Waals surface area contributed by atoms with Crippen LogP contribution >= 0.6 is 0 Å². The van der Waals surface area contributed by atoms with Crippen molar-refractivity contribution < 1.29 is 39.0 Å². The van der Waals surface area contributed by atoms with Gasteiger partial charge in [-0.25, -0.2) is 4.79 Å². The maximum Gasteiger partial charge on any atom is 0.326 e. The van der Waals surface area contributed by atoms with E-state index in [-0.39, 0.29) is 88.3 Å². The Bertz CT molecular complexity index is 1650. The Labute approximate surface area is 351 Å². The number of phenolic OH excluding ortho intramolecular Hbond substituents is 1. The minimum atomic E-state index is -1.20. The minimum Gasteiger partial charge on any atom is -0.508 e. The van der Waals surface area contributed by atoms with Crippen LogP contribution in [0.3, 0.4) is 0 Å². The van der Waals surface area contributed by atoms with E-state index in [1.807, 2.05) is 20.8 Å². The molecule has 1 aliphatic rings. The number of hydrogen-bond acceptors (Lipinski definition) is 11. The topological polar surface area (TPSA) is 366 Å². The van der Waals surface area contributed by atoms with E-state index < -0.39 is 84.2 Å². The fraction of sp³-hybridized carbons (Fsp3) is 0.641. The van der Waals surface area contributed by atoms with E-state index in [9.17, 15) is 39.0 Å². The first kappa shape index (κ1) is 50.4. The molecule has 0 radical (unpaired) electrons. The third-order valence-corrected chi connectivity index (χ3v) is 10.2. The molecule has 0 aliphatic carbocycles. The predicted octanol–water partition coefficient (Wildman–Crippen LogP) is -2.24. The number of nitrogens with zero attached hydrogens (tertiary/aromatic N) is 4. The molecule has 1 fully saturated rings. The molecule has 1 aliphatic heterocycles. The van der Waals surface area contributed by atoms with Gasteiger partial charge in [-0.3, -0.25) is 34.0 Å². The van der Waals surface area contributed by atoms with Gasteiger partial charge < -0.3 is 70.4 Å². The minimum absolute atomic E-state index is 0.00610. The van der Waals surface area contributed by atoms with E-state index in [0.29, 0.717) is 12.8 Å². The number of carboxylic acid groups (broad SMARTS) is 1. The number of amides is 5. The Hall–Kier alpha value is -5.70. The lowest BCUT2D eigenvalue weighted by atomic mass is 9.97. The molecule has 5 amide bonds. The lowest BCUT2D eigenvalue weighted by Gasteiger charge is -2.33. The zero-order valence-corrected chi connectivity index (χ0v) is 35.2. The van der Waals surface area contributed by atoms with Gasteiger partial charge in [-0.05, 0) is 74.5 Å². The SMILES string of the molecule is CC[C@H](C)[C@H](NC(=O)CN(CCc1ccc(O)cc1)C(=O)[C@@H]1C[C@@H](N)CN1C(=O)[C@H](CCCN=C(N)N)NC(=O)[C@@H](N)CCCN=C(N)N)C(=O)N[C@@H](CC(C)C)C(=O)O. The molecule has 0 bridgehead atoms. The number of aliphatic imine (C=N–C) groups is 2. The Balaban J connectivity index is 2.42. The largest absolute Gasteiger partial charge is 0.508 e. The maximum absolute atomic E-state index is 14.6. The highest BCUT2D eigenvalue weighted by Crippen LogP contribution is 2.22. The third kappa shape index (κ3) is 17.3. The summed E-state index contributed by atoms with van der Waals surface area (Å²) in [6.07, 6.45) is 1.91. The van der Waals surface area contributed by atoms with Crippen LogP contribution in [0.25, 0.3) is 0 Å². The number of aromatic hydroxyl groups is 1. The first-order valence-corrected chi connectivity index (χ1v) is 20.4. The van der Waals surface area contributed by atoms with E-state index in [0.717, 1.165) is 5.56 Å². The zero-order chi connectivity index (χ0) is 45.1. The molecule has 0 aromatic heterocycles. The molecule has 21 heteroatoms. The van der Waals surface area contributed by atoms with Gasteiger partial charge in [0.05, 0.1) is 12.6 Å². The van der Waals surface area contributed by atoms with Gasteiger partial charge in [-0.2, -0.15) is 0 Å². The normalized spacial score (nSPS) is 17.4. The average Bonchev–Trinajstić information content (AvgIpc) is 3.58. The summed E-state index contributed by atoms with van der Waals surface area (Å²) in [4.78, 5) is 91.8. The van der Waals surface area contributed by atoms with Crippen molar-refractivity contribution in [2.45, 2.75) is 115 Å². The van der Waals surface area contributed by atoms with Crippen LogP contribution in [-0.2, 0) is 35.2 Å². The number of hydrogen-bond donors (Lipinski definition) is 11. The van der Waals surface area contributed by atoms with Gasteiger partial charge in [0.2, 0.25) is 29.5 Å². The van der Waals surface area contributed by atoms with Gasteiger partial charge in [0.25, 0.3) is 0 Å². The fourth-order valence-corrected chi connectivity index (χ4v) is 6.69. The quantitative estimate of drug-likeness (QED) is 0.0282. The number of nitrogens with one attached hydrogen (secondary N) is 3. The molecule has 1 saturated heterocycles. The van der Waals surface area contributed by atoms with E-state index in [2.05, 4.69) is 25.9 Å². The van der Waals surface area contributed by atoms with Crippen molar-refractivity contribution in [2.75, 3.05) is 32.7 Å². The average molecular weight is 846 g/mol. The highest BCUT2D eigenvalue weighted by molar-refractivity contribution is 5.96. The van der Waals surface area contributed by atoms with Gasteiger partial charge in [-0.15, -0.1) is 0 Å². The van der Waals surface area contributed by atoms with Crippen molar-refractivity contribution in [1.82, 2.24) is 25.8 Å². The van der Waals surface area contributed by atoms with Crippen LogP contribution in [-0.4, -0.2) is 136 Å². The number of guanidine groups is 2. The second-order valence-corrected chi connectivity index (χ2v) is 15.7. The third-order valence-electron chi connectivity index (χ3n) is 10.2. The van der Waals surface area contributed by atoms with Gasteiger partial charge in [0.15, 0.2) is 11.9 Å². The zero-order valence-electron chi connectivity index (χ0n) is 35.2. The Morgan fingerprint density at radius 3 is 2.02 bits per heavy atom. The molecule has 17 N–H and O–H groups in total. The van der Waals surface area contributed by atoms with Crippen molar-refractivity contribution >= 4 is 47.4 Å². The van der Waals surface area contributed by atoms with Crippen LogP contribution in [0.2, 0.25) is 0 Å². The summed E-state index contributed by atoms with van der Waals surface area (Å²) in [6.45, 7) is 7.05. The van der Waals surface area contributed by atoms with Crippen LogP contribution < -0.4 is 50.4 Å². The van der Waals surface area contributed by atoms with Crippen molar-refractivity contribution in [1.29, 1.82) is 0 Å². The molecular weight excluding hydrogens is 779 g/mol. The monoisotopic (exact) mass is 846 g/mol. The molecule has 7 atom stereocenters. The molecule has 336 valence electrons. The molecule has 1 heterocycles. The van der Waals surface area contributed by atoms with Gasteiger partial charge >= 0.3 is 5.97 Å². The molecule has 0 saturated carbocycles. The second-order valence-electron chi connectivity index (χ2n) is 15.7. The lowest BCUT2D eigenvalue weighted by Crippen LogP contribution is -2.58. The first-order valence-electron chi connectivity index (χ1n) is 20.4. The summed E-state index contributed by atoms with van der Waals surface area (Å²) in [6, 6.07) is 0.0958. The van der Waals surface area contributed by atoms with E-state index >= 15 is 0 Å². The maximum atomic E-state index is 14.6. The van der Waals surface area contributed by atoms with Crippen LogP contribution in [0.1, 0.15) is 78.2 Å². The van der Waals surface area contributed by atoms with E-state index in [4.69, 9.17) is 34.4 Å². The fourth-order valence-electron chi connectivity index (χ4n) is 6.69. The predicted molar refractivity (Wildman–Crippen MR) is 227 cm³/mol. The number of benzene rings is 1. The number of likely N-dealkylation sites (tertiary alicyclic amines) is 1. The standard InChI is InChI=1S/C39H67N13O8/c1-5-23(4)32(34(56)49-29(37(59)60)18-22(2)3)50-31(54)21-51(17-14-24-10-12-26(53)13-11-24)36(58)30-19-25(40)20-52(30)35(57)28(9-7-16-47-39(44)45)48-33(55)27(41)8-6-15-46-38(42)43/h10-13,22-23,25,27-30,32,53H,5-9,14-21,40-41H2,1-4H3,(H,48,55)(H,49,56)(H,50,54)(H,59,60)(H4,42,43,46)(H4,44,45,47)/t23-,25+,27-,28-,29-,30-,32-/m0/s1. The Kier molecular flexibility index (Phi) is 21.1. The van der Waals surface area contributed by atoms with Gasteiger partial charge in [0.1, 0.15) is 29.9 Å². The van der Waals surface area contributed by atoms with Crippen LogP contribution in [0.4, 0.5) is 0 Å². The van der Waals surface area contributed by atoms with E-state index in [1.165, 1.54) is 21.9 Å². The molecule has 1 aromatic carbocycles. The summed E-state index contributed by atoms with van der Waals surface area (Å²) < 4.78 is 0. The number of carbonyl (C=O) groups excluding carboxylic acids is 5. The van der Waals surface area contributed by atoms with Crippen LogP contribution in [0.15, 0.2) is 34.3 Å². The molecular formula is C39H67N13O8. The first-order chi connectivity index (χ1) is 28.2. The van der Waals surface area contributed by atoms with Crippen LogP contribution in [0, 0.1) is 11.8 Å². The Morgan fingerprint density at radius 1 is 0.883 bits per heavy atom. The molecule has 1 aromatic rings. The van der Waals surface area contributed by atoms with Crippen molar-refractivity contribution in [2.24, 2.45) is 56.2 Å².